The van der Waals surface area contributed by atoms with Crippen LogP contribution in [0, 0.1) is 11.5 Å². The van der Waals surface area contributed by atoms with E-state index in [-0.39, 0.29) is 12.4 Å². The highest BCUT2D eigenvalue weighted by Crippen LogP contribution is 2.12. The lowest BCUT2D eigenvalue weighted by Gasteiger charge is -2.03. The van der Waals surface area contributed by atoms with Crippen molar-refractivity contribution in [2.24, 2.45) is 0 Å². The van der Waals surface area contributed by atoms with Gasteiger partial charge in [-0.25, -0.2) is 0 Å². The van der Waals surface area contributed by atoms with Crippen molar-refractivity contribution in [3.63, 3.8) is 0 Å². The highest BCUT2D eigenvalue weighted by molar-refractivity contribution is 6.09. The van der Waals surface area contributed by atoms with Crippen molar-refractivity contribution in [3.05, 3.63) is 71.3 Å². The summed E-state index contributed by atoms with van der Waals surface area (Å²) in [6, 6.07) is 16.2. The normalized spacial score (nSPS) is 9.50. The second kappa shape index (κ2) is 5.65. The maximum Gasteiger partial charge on any atom is 0.286 e. The third-order valence-corrected chi connectivity index (χ3v) is 2.53. The van der Waals surface area contributed by atoms with E-state index in [1.165, 1.54) is 0 Å². The van der Waals surface area contributed by atoms with E-state index >= 15 is 0 Å². The Kier molecular flexibility index (Phi) is 3.72. The summed E-state index contributed by atoms with van der Waals surface area (Å²) in [5.41, 5.74) is 2.05. The Morgan fingerprint density at radius 3 is 2.50 bits per heavy atom. The molecule has 0 heterocycles. The van der Waals surface area contributed by atoms with Crippen LogP contribution >= 0.6 is 0 Å². The highest BCUT2D eigenvalue weighted by atomic mass is 16.5. The summed E-state index contributed by atoms with van der Waals surface area (Å²) in [5, 5.41) is 8.34. The minimum atomic E-state index is -0.0330. The number of benzene rings is 2. The SMILES string of the molecule is N#COCc1cccc(C(=O)c2ccccc2)c1. The van der Waals surface area contributed by atoms with Gasteiger partial charge in [-0.05, 0) is 11.6 Å². The molecular formula is C15H11NO2. The van der Waals surface area contributed by atoms with Crippen molar-refractivity contribution in [2.75, 3.05) is 0 Å². The molecule has 0 N–H and O–H groups in total. The van der Waals surface area contributed by atoms with E-state index in [4.69, 9.17) is 5.26 Å². The van der Waals surface area contributed by atoms with E-state index in [0.717, 1.165) is 5.56 Å². The second-order valence-electron chi connectivity index (χ2n) is 3.78. The molecule has 0 bridgehead atoms. The van der Waals surface area contributed by atoms with Crippen LogP contribution in [0.4, 0.5) is 0 Å². The van der Waals surface area contributed by atoms with Gasteiger partial charge in [-0.2, -0.15) is 5.26 Å². The summed E-state index contributed by atoms with van der Waals surface area (Å²) < 4.78 is 4.65. The molecule has 88 valence electrons. The van der Waals surface area contributed by atoms with E-state index in [0.29, 0.717) is 11.1 Å². The van der Waals surface area contributed by atoms with Crippen LogP contribution in [0.1, 0.15) is 21.5 Å². The van der Waals surface area contributed by atoms with E-state index in [9.17, 15) is 4.79 Å². The van der Waals surface area contributed by atoms with Gasteiger partial charge < -0.3 is 4.74 Å². The minimum Gasteiger partial charge on any atom is -0.423 e. The van der Waals surface area contributed by atoms with E-state index < -0.39 is 0 Å². The molecule has 2 rings (SSSR count). The van der Waals surface area contributed by atoms with Gasteiger partial charge in [-0.15, -0.1) is 0 Å². The van der Waals surface area contributed by atoms with Gasteiger partial charge in [0.05, 0.1) is 0 Å². The first kappa shape index (κ1) is 11.9. The van der Waals surface area contributed by atoms with E-state index in [1.54, 1.807) is 36.6 Å². The molecule has 0 radical (unpaired) electrons. The van der Waals surface area contributed by atoms with Crippen LogP contribution in [-0.4, -0.2) is 5.78 Å². The Morgan fingerprint density at radius 1 is 1.06 bits per heavy atom. The summed E-state index contributed by atoms with van der Waals surface area (Å²) in [6.45, 7) is 0.187. The summed E-state index contributed by atoms with van der Waals surface area (Å²) in [5.74, 6) is -0.0330. The van der Waals surface area contributed by atoms with Gasteiger partial charge in [0, 0.05) is 11.1 Å². The molecule has 0 atom stereocenters. The van der Waals surface area contributed by atoms with Crippen LogP contribution in [0.3, 0.4) is 0 Å². The number of carbonyl (C=O) groups is 1. The highest BCUT2D eigenvalue weighted by Gasteiger charge is 2.08. The minimum absolute atomic E-state index is 0.0330. The van der Waals surface area contributed by atoms with Gasteiger partial charge in [-0.1, -0.05) is 48.5 Å². The number of ketones is 1. The predicted molar refractivity (Wildman–Crippen MR) is 66.7 cm³/mol. The quantitative estimate of drug-likeness (QED) is 0.606. The van der Waals surface area contributed by atoms with Gasteiger partial charge in [0.1, 0.15) is 6.61 Å². The molecule has 18 heavy (non-hydrogen) atoms. The Balaban J connectivity index is 2.24. The fraction of sp³-hybridized carbons (Fsp3) is 0.0667. The van der Waals surface area contributed by atoms with E-state index in [2.05, 4.69) is 4.74 Å². The number of rotatable bonds is 4. The summed E-state index contributed by atoms with van der Waals surface area (Å²) in [6.07, 6.45) is 1.61. The second-order valence-corrected chi connectivity index (χ2v) is 3.78. The van der Waals surface area contributed by atoms with Gasteiger partial charge >= 0.3 is 0 Å². The summed E-state index contributed by atoms with van der Waals surface area (Å²) >= 11 is 0. The number of hydrogen-bond acceptors (Lipinski definition) is 3. The van der Waals surface area contributed by atoms with Crippen LogP contribution in [0.2, 0.25) is 0 Å². The number of hydrogen-bond donors (Lipinski definition) is 0. The van der Waals surface area contributed by atoms with Crippen molar-refractivity contribution in [3.8, 4) is 6.26 Å². The smallest absolute Gasteiger partial charge is 0.286 e. The molecule has 2 aromatic carbocycles. The maximum atomic E-state index is 12.2. The number of ether oxygens (including phenoxy) is 1. The molecule has 0 aliphatic rings. The fourth-order valence-electron chi connectivity index (χ4n) is 1.67. The van der Waals surface area contributed by atoms with Crippen LogP contribution in [0.25, 0.3) is 0 Å². The topological polar surface area (TPSA) is 50.1 Å². The van der Waals surface area contributed by atoms with Crippen LogP contribution in [0.15, 0.2) is 54.6 Å². The zero-order valence-corrected chi connectivity index (χ0v) is 9.67. The molecular weight excluding hydrogens is 226 g/mol. The Labute approximate surface area is 105 Å². The summed E-state index contributed by atoms with van der Waals surface area (Å²) in [7, 11) is 0. The molecule has 0 spiro atoms. The monoisotopic (exact) mass is 237 g/mol. The largest absolute Gasteiger partial charge is 0.423 e. The van der Waals surface area contributed by atoms with Crippen molar-refractivity contribution in [1.82, 2.24) is 0 Å². The molecule has 0 saturated heterocycles. The Hall–Kier alpha value is -2.60. The maximum absolute atomic E-state index is 12.2. The molecule has 0 aliphatic carbocycles. The average Bonchev–Trinajstić information content (AvgIpc) is 2.45. The van der Waals surface area contributed by atoms with Gasteiger partial charge in [0.2, 0.25) is 0 Å². The third-order valence-electron chi connectivity index (χ3n) is 2.53. The molecule has 0 unspecified atom stereocenters. The van der Waals surface area contributed by atoms with Crippen LogP contribution < -0.4 is 0 Å². The molecule has 2 aromatic rings. The van der Waals surface area contributed by atoms with Crippen LogP contribution in [-0.2, 0) is 11.3 Å². The molecule has 0 fully saturated rings. The molecule has 0 aromatic heterocycles. The number of nitriles is 1. The zero-order valence-electron chi connectivity index (χ0n) is 9.67. The molecule has 3 nitrogen and oxygen atoms in total. The average molecular weight is 237 g/mol. The van der Waals surface area contributed by atoms with E-state index in [1.807, 2.05) is 24.3 Å². The summed E-state index contributed by atoms with van der Waals surface area (Å²) in [4.78, 5) is 12.2. The van der Waals surface area contributed by atoms with Crippen molar-refractivity contribution in [2.45, 2.75) is 6.61 Å². The molecule has 0 saturated carbocycles. The predicted octanol–water partition coefficient (Wildman–Crippen LogP) is 2.92. The lowest BCUT2D eigenvalue weighted by molar-refractivity contribution is 0.103. The van der Waals surface area contributed by atoms with Crippen LogP contribution in [0.5, 0.6) is 0 Å². The van der Waals surface area contributed by atoms with Crippen molar-refractivity contribution in [1.29, 1.82) is 5.26 Å². The Morgan fingerprint density at radius 2 is 1.78 bits per heavy atom. The first-order valence-electron chi connectivity index (χ1n) is 5.51. The molecule has 0 aliphatic heterocycles. The molecule has 3 heteroatoms. The molecule has 0 amide bonds. The van der Waals surface area contributed by atoms with Gasteiger partial charge in [0.25, 0.3) is 6.26 Å². The first-order chi connectivity index (χ1) is 8.81. The fourth-order valence-corrected chi connectivity index (χ4v) is 1.67. The lowest BCUT2D eigenvalue weighted by Crippen LogP contribution is -2.01. The third kappa shape index (κ3) is 2.74. The lowest BCUT2D eigenvalue weighted by atomic mass is 10.0. The number of nitrogens with zero attached hydrogens (tertiary/aromatic N) is 1. The number of carbonyl (C=O) groups excluding carboxylic acids is 1. The standard InChI is InChI=1S/C15H11NO2/c16-11-18-10-12-5-4-8-14(9-12)15(17)13-6-2-1-3-7-13/h1-9H,10H2. The van der Waals surface area contributed by atoms with Crippen molar-refractivity contribution >= 4 is 5.78 Å². The Bertz CT molecular complexity index is 585. The zero-order chi connectivity index (χ0) is 12.8. The first-order valence-corrected chi connectivity index (χ1v) is 5.51. The van der Waals surface area contributed by atoms with Gasteiger partial charge in [-0.3, -0.25) is 4.79 Å². The van der Waals surface area contributed by atoms with Gasteiger partial charge in [0.15, 0.2) is 5.78 Å². The van der Waals surface area contributed by atoms with Crippen molar-refractivity contribution < 1.29 is 9.53 Å².